The van der Waals surface area contributed by atoms with Gasteiger partial charge in [0.2, 0.25) is 0 Å². The van der Waals surface area contributed by atoms with E-state index < -0.39 is 29.4 Å². The molecule has 1 aliphatic carbocycles. The van der Waals surface area contributed by atoms with Gasteiger partial charge >= 0.3 is 12.2 Å². The quantitative estimate of drug-likeness (QED) is 0.382. The molecule has 1 amide bonds. The number of nitrogens with zero attached hydrogens (tertiary/aromatic N) is 5. The summed E-state index contributed by atoms with van der Waals surface area (Å²) in [6.07, 6.45) is 3.64. The van der Waals surface area contributed by atoms with Crippen LogP contribution in [0.2, 0.25) is 0 Å². The number of hydrogen-bond acceptors (Lipinski definition) is 6. The van der Waals surface area contributed by atoms with Gasteiger partial charge in [0.05, 0.1) is 29.2 Å². The average Bonchev–Trinajstić information content (AvgIpc) is 3.37. The van der Waals surface area contributed by atoms with Crippen molar-refractivity contribution in [1.29, 1.82) is 0 Å². The lowest BCUT2D eigenvalue weighted by Crippen LogP contribution is -2.45. The second-order valence-corrected chi connectivity index (χ2v) is 10.4. The van der Waals surface area contributed by atoms with Crippen molar-refractivity contribution < 1.29 is 28.2 Å². The Labute approximate surface area is 216 Å². The molecule has 0 spiro atoms. The van der Waals surface area contributed by atoms with E-state index in [0.717, 1.165) is 4.68 Å². The lowest BCUT2D eigenvalue weighted by atomic mass is 9.75. The zero-order valence-electron chi connectivity index (χ0n) is 21.2. The molecule has 1 saturated carbocycles. The van der Waals surface area contributed by atoms with Gasteiger partial charge < -0.3 is 15.2 Å². The monoisotopic (exact) mass is 524 g/mol. The molecule has 0 saturated heterocycles. The molecule has 3 heterocycles. The van der Waals surface area contributed by atoms with E-state index in [1.165, 1.54) is 35.3 Å². The predicted molar refractivity (Wildman–Crippen MR) is 134 cm³/mol. The minimum atomic E-state index is -1.32. The predicted octanol–water partition coefficient (Wildman–Crippen LogP) is 5.07. The topological polar surface area (TPSA) is 124 Å². The number of carbonyl (C=O) groups excluding carboxylic acids is 1. The summed E-state index contributed by atoms with van der Waals surface area (Å²) in [7, 11) is 1.71. The third kappa shape index (κ3) is 4.81. The molecule has 1 aromatic carbocycles. The number of carbonyl (C=O) groups is 2. The van der Waals surface area contributed by atoms with Crippen LogP contribution in [0.25, 0.3) is 33.4 Å². The third-order valence-electron chi connectivity index (χ3n) is 6.38. The van der Waals surface area contributed by atoms with Gasteiger partial charge in [-0.25, -0.2) is 18.4 Å². The highest BCUT2D eigenvalue weighted by atomic mass is 19.1. The fourth-order valence-corrected chi connectivity index (χ4v) is 4.61. The third-order valence-corrected chi connectivity index (χ3v) is 6.38. The Balaban J connectivity index is 1.42. The van der Waals surface area contributed by atoms with E-state index in [9.17, 15) is 14.7 Å². The number of hydrogen-bond donors (Lipinski definition) is 2. The summed E-state index contributed by atoms with van der Waals surface area (Å²) in [5.41, 5.74) is 0.584. The van der Waals surface area contributed by atoms with Gasteiger partial charge in [0.25, 0.3) is 0 Å². The first-order valence-corrected chi connectivity index (χ1v) is 12.0. The fourth-order valence-electron chi connectivity index (χ4n) is 4.61. The van der Waals surface area contributed by atoms with E-state index >= 15 is 8.78 Å². The maximum Gasteiger partial charge on any atom is 0.432 e. The van der Waals surface area contributed by atoms with Crippen molar-refractivity contribution >= 4 is 23.1 Å². The van der Waals surface area contributed by atoms with Gasteiger partial charge in [0.15, 0.2) is 0 Å². The van der Waals surface area contributed by atoms with Gasteiger partial charge in [-0.15, -0.1) is 0 Å². The Bertz CT molecular complexity index is 1540. The first-order valence-electron chi connectivity index (χ1n) is 12.0. The van der Waals surface area contributed by atoms with Crippen molar-refractivity contribution in [2.45, 2.75) is 51.2 Å². The van der Waals surface area contributed by atoms with E-state index in [-0.39, 0.29) is 28.7 Å². The molecule has 5 rings (SSSR count). The molecule has 0 aliphatic heterocycles. The summed E-state index contributed by atoms with van der Waals surface area (Å²) < 4.78 is 38.1. The van der Waals surface area contributed by atoms with Crippen LogP contribution in [-0.2, 0) is 11.8 Å². The van der Waals surface area contributed by atoms with Crippen LogP contribution in [0.15, 0.2) is 36.8 Å². The van der Waals surface area contributed by atoms with E-state index in [1.54, 1.807) is 34.0 Å². The maximum atomic E-state index is 15.3. The summed E-state index contributed by atoms with van der Waals surface area (Å²) in [4.78, 5) is 27.8. The Morgan fingerprint density at radius 3 is 2.39 bits per heavy atom. The number of rotatable bonds is 4. The van der Waals surface area contributed by atoms with E-state index in [2.05, 4.69) is 20.5 Å². The number of pyridine rings is 1. The molecule has 0 bridgehead atoms. The number of amides is 1. The molecule has 12 heteroatoms. The largest absolute Gasteiger partial charge is 0.463 e. The van der Waals surface area contributed by atoms with E-state index in [4.69, 9.17) is 4.74 Å². The van der Waals surface area contributed by atoms with Gasteiger partial charge in [0.1, 0.15) is 22.9 Å². The van der Waals surface area contributed by atoms with E-state index in [0.29, 0.717) is 35.0 Å². The number of benzene rings is 1. The van der Waals surface area contributed by atoms with Crippen LogP contribution in [0.1, 0.15) is 45.1 Å². The van der Waals surface area contributed by atoms with Crippen LogP contribution in [0.4, 0.5) is 18.4 Å². The Kier molecular flexibility index (Phi) is 6.12. The summed E-state index contributed by atoms with van der Waals surface area (Å²) in [5.74, 6) is -1.69. The van der Waals surface area contributed by atoms with E-state index in [1.807, 2.05) is 0 Å². The summed E-state index contributed by atoms with van der Waals surface area (Å²) in [6, 6.07) is 3.85. The molecule has 4 aromatic rings. The number of halogens is 2. The van der Waals surface area contributed by atoms with Crippen LogP contribution >= 0.6 is 0 Å². The zero-order valence-corrected chi connectivity index (χ0v) is 21.2. The molecule has 1 aliphatic rings. The molecular weight excluding hydrogens is 498 g/mol. The number of aromatic nitrogens is 5. The number of nitrogens with one attached hydrogen (secondary N) is 1. The first-order chi connectivity index (χ1) is 17.9. The van der Waals surface area contributed by atoms with Gasteiger partial charge in [0, 0.05) is 30.2 Å². The molecule has 0 radical (unpaired) electrons. The Morgan fingerprint density at radius 1 is 1.13 bits per heavy atom. The highest BCUT2D eigenvalue weighted by Gasteiger charge is 2.34. The molecule has 198 valence electrons. The molecule has 1 fully saturated rings. The molecular formula is C26H26F2N6O4. The van der Waals surface area contributed by atoms with Crippen molar-refractivity contribution in [2.75, 3.05) is 0 Å². The second kappa shape index (κ2) is 9.19. The Hall–Kier alpha value is -4.35. The van der Waals surface area contributed by atoms with Crippen LogP contribution in [0.5, 0.6) is 0 Å². The highest BCUT2D eigenvalue weighted by Crippen LogP contribution is 2.40. The van der Waals surface area contributed by atoms with Gasteiger partial charge in [-0.05, 0) is 63.3 Å². The van der Waals surface area contributed by atoms with Crippen molar-refractivity contribution in [2.24, 2.45) is 7.05 Å². The molecule has 2 N–H and O–H groups in total. The van der Waals surface area contributed by atoms with Crippen LogP contribution in [0, 0.1) is 11.6 Å². The maximum absolute atomic E-state index is 15.3. The molecule has 0 unspecified atom stereocenters. The standard InChI is InChI=1S/C26H26F2N6O4/c1-26(2,3)38-24(35)31-16-5-13(6-16)14-7-18(27)22(19(28)8-14)20-9-17-21(11-29-20)34(25(36)37)32-23(17)15-10-30-33(4)12-15/h7-13,16H,5-6H2,1-4H3,(H,31,35)(H,36,37). The van der Waals surface area contributed by atoms with Crippen molar-refractivity contribution in [1.82, 2.24) is 29.9 Å². The number of carboxylic acid groups (broad SMARTS) is 1. The van der Waals surface area contributed by atoms with Gasteiger partial charge in [-0.2, -0.15) is 14.9 Å². The summed E-state index contributed by atoms with van der Waals surface area (Å²) in [5, 5.41) is 20.9. The zero-order chi connectivity index (χ0) is 27.4. The fraction of sp³-hybridized carbons (Fsp3) is 0.346. The van der Waals surface area contributed by atoms with Crippen molar-refractivity contribution in [3.63, 3.8) is 0 Å². The van der Waals surface area contributed by atoms with Crippen molar-refractivity contribution in [3.05, 3.63) is 54.0 Å². The van der Waals surface area contributed by atoms with Gasteiger partial charge in [-0.3, -0.25) is 9.67 Å². The minimum Gasteiger partial charge on any atom is -0.463 e. The summed E-state index contributed by atoms with van der Waals surface area (Å²) in [6.45, 7) is 5.31. The van der Waals surface area contributed by atoms with Crippen LogP contribution < -0.4 is 5.32 Å². The lowest BCUT2D eigenvalue weighted by Gasteiger charge is -2.36. The summed E-state index contributed by atoms with van der Waals surface area (Å²) >= 11 is 0. The van der Waals surface area contributed by atoms with Crippen LogP contribution in [0.3, 0.4) is 0 Å². The smallest absolute Gasteiger partial charge is 0.432 e. The molecule has 38 heavy (non-hydrogen) atoms. The first kappa shape index (κ1) is 25.3. The average molecular weight is 525 g/mol. The Morgan fingerprint density at radius 2 is 1.82 bits per heavy atom. The van der Waals surface area contributed by atoms with Crippen molar-refractivity contribution in [3.8, 4) is 22.5 Å². The number of aryl methyl sites for hydroxylation is 1. The molecule has 10 nitrogen and oxygen atoms in total. The van der Waals surface area contributed by atoms with Gasteiger partial charge in [-0.1, -0.05) is 0 Å². The second-order valence-electron chi connectivity index (χ2n) is 10.4. The molecule has 0 atom stereocenters. The SMILES string of the molecule is Cn1cc(-c2nn(C(=O)O)c3cnc(-c4c(F)cc(C5CC(NC(=O)OC(C)(C)C)C5)cc4F)cc23)cn1. The number of ether oxygens (including phenoxy) is 1. The highest BCUT2D eigenvalue weighted by molar-refractivity contribution is 5.98. The lowest BCUT2D eigenvalue weighted by molar-refractivity contribution is 0.0471. The normalized spacial score (nSPS) is 17.3. The molecule has 3 aromatic heterocycles. The van der Waals surface area contributed by atoms with Crippen LogP contribution in [-0.4, -0.2) is 53.5 Å². The minimum absolute atomic E-state index is 0.00667. The number of fused-ring (bicyclic) bond motifs is 1. The number of alkyl carbamates (subject to hydrolysis) is 1.